The number of aryl methyl sites for hydroxylation is 1. The summed E-state index contributed by atoms with van der Waals surface area (Å²) in [5.74, 6) is -3.00. The zero-order chi connectivity index (χ0) is 22.8. The van der Waals surface area contributed by atoms with Gasteiger partial charge >= 0.3 is 0 Å². The second-order valence-electron chi connectivity index (χ2n) is 7.48. The van der Waals surface area contributed by atoms with Crippen molar-refractivity contribution in [3.05, 3.63) is 89.4 Å². The van der Waals surface area contributed by atoms with Gasteiger partial charge in [-0.05, 0) is 67.4 Å². The lowest BCUT2D eigenvalue weighted by atomic mass is 9.85. The highest BCUT2D eigenvalue weighted by atomic mass is 19.1. The second-order valence-corrected chi connectivity index (χ2v) is 7.48. The molecule has 4 rings (SSSR count). The van der Waals surface area contributed by atoms with Crippen molar-refractivity contribution in [1.29, 1.82) is 0 Å². The van der Waals surface area contributed by atoms with Crippen LogP contribution in [0.15, 0.2) is 66.9 Å². The number of carbonyl (C=O) groups excluding carboxylic acids is 3. The summed E-state index contributed by atoms with van der Waals surface area (Å²) >= 11 is 0. The summed E-state index contributed by atoms with van der Waals surface area (Å²) in [4.78, 5) is 45.1. The van der Waals surface area contributed by atoms with E-state index in [1.807, 2.05) is 6.92 Å². The van der Waals surface area contributed by atoms with E-state index in [2.05, 4.69) is 4.98 Å². The largest absolute Gasteiger partial charge is 0.494 e. The summed E-state index contributed by atoms with van der Waals surface area (Å²) in [5.41, 5.74) is 1.43. The Morgan fingerprint density at radius 1 is 1.09 bits per heavy atom. The number of amides is 1. The van der Waals surface area contributed by atoms with E-state index in [4.69, 9.17) is 4.74 Å². The summed E-state index contributed by atoms with van der Waals surface area (Å²) in [5, 5.41) is 0. The normalized spacial score (nSPS) is 18.2. The van der Waals surface area contributed by atoms with Crippen LogP contribution in [0.5, 0.6) is 5.75 Å². The summed E-state index contributed by atoms with van der Waals surface area (Å²) in [6, 6.07) is 14.5. The van der Waals surface area contributed by atoms with Gasteiger partial charge in [0.1, 0.15) is 23.3 Å². The molecule has 0 radical (unpaired) electrons. The average molecular weight is 432 g/mol. The fourth-order valence-electron chi connectivity index (χ4n) is 4.01. The van der Waals surface area contributed by atoms with Crippen molar-refractivity contribution in [1.82, 2.24) is 4.98 Å². The van der Waals surface area contributed by atoms with Crippen molar-refractivity contribution in [3.8, 4) is 5.75 Å². The van der Waals surface area contributed by atoms with E-state index in [1.165, 1.54) is 35.4 Å². The lowest BCUT2D eigenvalue weighted by molar-refractivity contribution is -0.135. The molecule has 1 aromatic heterocycles. The molecule has 2 aromatic carbocycles. The number of hydrogen-bond donors (Lipinski definition) is 0. The maximum atomic E-state index is 13.6. The van der Waals surface area contributed by atoms with Crippen LogP contribution in [0.1, 0.15) is 34.5 Å². The van der Waals surface area contributed by atoms with E-state index in [9.17, 15) is 18.8 Å². The lowest BCUT2D eigenvalue weighted by Crippen LogP contribution is -2.31. The third kappa shape index (κ3) is 3.77. The molecule has 7 heteroatoms. The fraction of sp³-hybridized carbons (Fsp3) is 0.200. The number of hydrogen-bond acceptors (Lipinski definition) is 5. The quantitative estimate of drug-likeness (QED) is 0.333. The summed E-state index contributed by atoms with van der Waals surface area (Å²) in [6.45, 7) is 4.09. The standard InChI is InChI=1S/C25H21FN2O4/c1-3-32-18-11-12-19(15(2)14-18)23(29)21-22(16-7-9-17(26)10-8-16)28(25(31)24(21)30)20-6-4-5-13-27-20/h4-14,21-22H,3H2,1-2H3. The Morgan fingerprint density at radius 2 is 1.84 bits per heavy atom. The fourth-order valence-corrected chi connectivity index (χ4v) is 4.01. The Kier molecular flexibility index (Phi) is 5.81. The topological polar surface area (TPSA) is 76.6 Å². The first-order chi connectivity index (χ1) is 15.4. The Labute approximate surface area is 184 Å². The number of Topliss-reactive ketones (excluding diaryl/α,β-unsaturated/α-hetero) is 2. The summed E-state index contributed by atoms with van der Waals surface area (Å²) in [7, 11) is 0. The first-order valence-corrected chi connectivity index (χ1v) is 10.2. The van der Waals surface area contributed by atoms with Gasteiger partial charge in [0, 0.05) is 11.8 Å². The van der Waals surface area contributed by atoms with Crippen molar-refractivity contribution < 1.29 is 23.5 Å². The van der Waals surface area contributed by atoms with E-state index < -0.39 is 35.3 Å². The van der Waals surface area contributed by atoms with E-state index >= 15 is 0 Å². The molecule has 1 aliphatic heterocycles. The molecule has 0 bridgehead atoms. The second kappa shape index (κ2) is 8.70. The smallest absolute Gasteiger partial charge is 0.297 e. The summed E-state index contributed by atoms with van der Waals surface area (Å²) in [6.07, 6.45) is 1.50. The Balaban J connectivity index is 1.82. The van der Waals surface area contributed by atoms with Crippen LogP contribution in [0.4, 0.5) is 10.2 Å². The van der Waals surface area contributed by atoms with Gasteiger partial charge in [-0.2, -0.15) is 0 Å². The van der Waals surface area contributed by atoms with Gasteiger partial charge in [-0.15, -0.1) is 0 Å². The van der Waals surface area contributed by atoms with Crippen LogP contribution in [-0.4, -0.2) is 29.1 Å². The van der Waals surface area contributed by atoms with E-state index in [-0.39, 0.29) is 5.82 Å². The van der Waals surface area contributed by atoms with Crippen LogP contribution in [-0.2, 0) is 9.59 Å². The van der Waals surface area contributed by atoms with Crippen LogP contribution in [0.2, 0.25) is 0 Å². The van der Waals surface area contributed by atoms with Gasteiger partial charge in [0.15, 0.2) is 5.78 Å². The summed E-state index contributed by atoms with van der Waals surface area (Å²) < 4.78 is 19.1. The molecular formula is C25H21FN2O4. The Hall–Kier alpha value is -3.87. The van der Waals surface area contributed by atoms with Gasteiger partial charge in [0.2, 0.25) is 5.78 Å². The molecule has 1 fully saturated rings. The zero-order valence-electron chi connectivity index (χ0n) is 17.6. The molecule has 1 saturated heterocycles. The van der Waals surface area contributed by atoms with Crippen molar-refractivity contribution in [2.45, 2.75) is 19.9 Å². The number of halogens is 1. The number of nitrogens with zero attached hydrogens (tertiary/aromatic N) is 2. The minimum absolute atomic E-state index is 0.249. The van der Waals surface area contributed by atoms with E-state index in [0.717, 1.165) is 0 Å². The van der Waals surface area contributed by atoms with Crippen molar-refractivity contribution in [2.75, 3.05) is 11.5 Å². The van der Waals surface area contributed by atoms with Crippen molar-refractivity contribution in [3.63, 3.8) is 0 Å². The van der Waals surface area contributed by atoms with Crippen LogP contribution in [0.25, 0.3) is 0 Å². The van der Waals surface area contributed by atoms with Crippen LogP contribution < -0.4 is 9.64 Å². The van der Waals surface area contributed by atoms with Crippen molar-refractivity contribution >= 4 is 23.3 Å². The molecule has 2 atom stereocenters. The highest BCUT2D eigenvalue weighted by molar-refractivity contribution is 6.48. The molecule has 0 aliphatic carbocycles. The number of pyridine rings is 1. The van der Waals surface area contributed by atoms with Crippen LogP contribution in [0, 0.1) is 18.7 Å². The molecule has 0 N–H and O–H groups in total. The predicted octanol–water partition coefficient (Wildman–Crippen LogP) is 4.08. The zero-order valence-corrected chi connectivity index (χ0v) is 17.6. The van der Waals surface area contributed by atoms with Crippen LogP contribution in [0.3, 0.4) is 0 Å². The van der Waals surface area contributed by atoms with Gasteiger partial charge in [-0.25, -0.2) is 9.37 Å². The Morgan fingerprint density at radius 3 is 2.47 bits per heavy atom. The van der Waals surface area contributed by atoms with Crippen LogP contribution >= 0.6 is 0 Å². The first-order valence-electron chi connectivity index (χ1n) is 10.2. The molecule has 6 nitrogen and oxygen atoms in total. The first kappa shape index (κ1) is 21.4. The third-order valence-corrected chi connectivity index (χ3v) is 5.47. The molecule has 1 aliphatic rings. The Bertz CT molecular complexity index is 1180. The number of ketones is 2. The highest BCUT2D eigenvalue weighted by Crippen LogP contribution is 2.41. The number of carbonyl (C=O) groups is 3. The molecule has 32 heavy (non-hydrogen) atoms. The van der Waals surface area contributed by atoms with E-state index in [1.54, 1.807) is 43.3 Å². The number of anilines is 1. The van der Waals surface area contributed by atoms with Gasteiger partial charge in [0.25, 0.3) is 5.91 Å². The van der Waals surface area contributed by atoms with Gasteiger partial charge in [-0.1, -0.05) is 18.2 Å². The predicted molar refractivity (Wildman–Crippen MR) is 116 cm³/mol. The van der Waals surface area contributed by atoms with Crippen molar-refractivity contribution in [2.24, 2.45) is 5.92 Å². The lowest BCUT2D eigenvalue weighted by Gasteiger charge is -2.26. The molecule has 2 heterocycles. The molecule has 2 unspecified atom stereocenters. The molecule has 1 amide bonds. The monoisotopic (exact) mass is 432 g/mol. The highest BCUT2D eigenvalue weighted by Gasteiger charge is 2.52. The van der Waals surface area contributed by atoms with Gasteiger partial charge in [-0.3, -0.25) is 19.3 Å². The minimum Gasteiger partial charge on any atom is -0.494 e. The average Bonchev–Trinajstić information content (AvgIpc) is 3.05. The number of aromatic nitrogens is 1. The van der Waals surface area contributed by atoms with Gasteiger partial charge in [0.05, 0.1) is 12.6 Å². The molecular weight excluding hydrogens is 411 g/mol. The number of benzene rings is 2. The minimum atomic E-state index is -1.29. The molecule has 0 spiro atoms. The third-order valence-electron chi connectivity index (χ3n) is 5.47. The maximum Gasteiger partial charge on any atom is 0.297 e. The SMILES string of the molecule is CCOc1ccc(C(=O)C2C(=O)C(=O)N(c3ccccn3)C2c2ccc(F)cc2)c(C)c1. The van der Waals surface area contributed by atoms with E-state index in [0.29, 0.717) is 29.0 Å². The number of ether oxygens (including phenoxy) is 1. The molecule has 162 valence electrons. The number of rotatable bonds is 6. The maximum absolute atomic E-state index is 13.6. The molecule has 0 saturated carbocycles. The molecule has 3 aromatic rings. The van der Waals surface area contributed by atoms with Gasteiger partial charge < -0.3 is 4.74 Å².